The standard InChI is InChI=1S/C17H24F3NO2/c1-16(2,3)23-14-6-4-13(5-7-14)22-15-8-10-21(12-15)11-9-17(18,19)20/h4-7,15H,8-12H2,1-3H3/t15-/m0/s1. The molecule has 1 aromatic rings. The SMILES string of the molecule is CC(C)(C)Oc1ccc(O[C@H]2CCN(CCC(F)(F)F)C2)cc1. The highest BCUT2D eigenvalue weighted by molar-refractivity contribution is 5.31. The Kier molecular flexibility index (Phi) is 5.45. The molecule has 1 aliphatic rings. The molecule has 1 aliphatic heterocycles. The van der Waals surface area contributed by atoms with Crippen LogP contribution in [-0.4, -0.2) is 42.4 Å². The predicted molar refractivity (Wildman–Crippen MR) is 83.0 cm³/mol. The molecule has 23 heavy (non-hydrogen) atoms. The van der Waals surface area contributed by atoms with E-state index >= 15 is 0 Å². The highest BCUT2D eigenvalue weighted by Crippen LogP contribution is 2.25. The van der Waals surface area contributed by atoms with E-state index < -0.39 is 12.6 Å². The average molecular weight is 331 g/mol. The largest absolute Gasteiger partial charge is 0.489 e. The van der Waals surface area contributed by atoms with Gasteiger partial charge >= 0.3 is 6.18 Å². The summed E-state index contributed by atoms with van der Waals surface area (Å²) in [6.07, 6.45) is -4.17. The van der Waals surface area contributed by atoms with E-state index in [1.165, 1.54) is 0 Å². The Balaban J connectivity index is 1.79. The van der Waals surface area contributed by atoms with Crippen molar-refractivity contribution in [3.05, 3.63) is 24.3 Å². The molecule has 0 amide bonds. The molecule has 3 nitrogen and oxygen atoms in total. The van der Waals surface area contributed by atoms with Gasteiger partial charge in [-0.3, -0.25) is 4.90 Å². The van der Waals surface area contributed by atoms with Gasteiger partial charge in [-0.1, -0.05) is 0 Å². The van der Waals surface area contributed by atoms with Gasteiger partial charge in [-0.15, -0.1) is 0 Å². The number of likely N-dealkylation sites (tertiary alicyclic amines) is 1. The molecule has 1 saturated heterocycles. The van der Waals surface area contributed by atoms with Crippen molar-refractivity contribution in [3.63, 3.8) is 0 Å². The molecule has 0 N–H and O–H groups in total. The number of nitrogens with zero attached hydrogens (tertiary/aromatic N) is 1. The zero-order valence-electron chi connectivity index (χ0n) is 13.8. The lowest BCUT2D eigenvalue weighted by atomic mass is 10.2. The van der Waals surface area contributed by atoms with Crippen molar-refractivity contribution in [1.29, 1.82) is 0 Å². The number of halogens is 3. The smallest absolute Gasteiger partial charge is 0.390 e. The molecule has 0 spiro atoms. The minimum Gasteiger partial charge on any atom is -0.489 e. The van der Waals surface area contributed by atoms with Gasteiger partial charge in [0, 0.05) is 19.6 Å². The Hall–Kier alpha value is -1.43. The Morgan fingerprint density at radius 2 is 1.70 bits per heavy atom. The predicted octanol–water partition coefficient (Wildman–Crippen LogP) is 4.27. The van der Waals surface area contributed by atoms with Crippen LogP contribution in [0.1, 0.15) is 33.6 Å². The topological polar surface area (TPSA) is 21.7 Å². The highest BCUT2D eigenvalue weighted by Gasteiger charge is 2.30. The van der Waals surface area contributed by atoms with Gasteiger partial charge in [0.05, 0.1) is 6.42 Å². The van der Waals surface area contributed by atoms with Crippen LogP contribution in [-0.2, 0) is 0 Å². The lowest BCUT2D eigenvalue weighted by molar-refractivity contribution is -0.137. The summed E-state index contributed by atoms with van der Waals surface area (Å²) < 4.78 is 48.3. The van der Waals surface area contributed by atoms with Gasteiger partial charge in [0.2, 0.25) is 0 Å². The monoisotopic (exact) mass is 331 g/mol. The van der Waals surface area contributed by atoms with E-state index in [4.69, 9.17) is 9.47 Å². The molecule has 1 heterocycles. The van der Waals surface area contributed by atoms with E-state index in [1.54, 1.807) is 4.90 Å². The fourth-order valence-corrected chi connectivity index (χ4v) is 2.51. The minimum atomic E-state index is -4.10. The maximum Gasteiger partial charge on any atom is 0.390 e. The first-order valence-electron chi connectivity index (χ1n) is 7.86. The van der Waals surface area contributed by atoms with Crippen LogP contribution in [0.15, 0.2) is 24.3 Å². The summed E-state index contributed by atoms with van der Waals surface area (Å²) in [6, 6.07) is 7.35. The van der Waals surface area contributed by atoms with Gasteiger partial charge in [0.25, 0.3) is 0 Å². The molecule has 2 rings (SSSR count). The number of alkyl halides is 3. The zero-order valence-corrected chi connectivity index (χ0v) is 13.8. The molecular weight excluding hydrogens is 307 g/mol. The van der Waals surface area contributed by atoms with Gasteiger partial charge in [-0.05, 0) is 51.5 Å². The van der Waals surface area contributed by atoms with E-state index in [0.717, 1.165) is 12.2 Å². The van der Waals surface area contributed by atoms with Gasteiger partial charge in [-0.2, -0.15) is 13.2 Å². The summed E-state index contributed by atoms with van der Waals surface area (Å²) in [5.41, 5.74) is -0.257. The van der Waals surface area contributed by atoms with Crippen LogP contribution < -0.4 is 9.47 Å². The number of hydrogen-bond acceptors (Lipinski definition) is 3. The van der Waals surface area contributed by atoms with E-state index in [-0.39, 0.29) is 18.2 Å². The number of rotatable bonds is 5. The molecule has 1 fully saturated rings. The lowest BCUT2D eigenvalue weighted by Gasteiger charge is -2.21. The Morgan fingerprint density at radius 1 is 1.09 bits per heavy atom. The quantitative estimate of drug-likeness (QED) is 0.804. The van der Waals surface area contributed by atoms with Gasteiger partial charge in [0.15, 0.2) is 0 Å². The van der Waals surface area contributed by atoms with Gasteiger partial charge < -0.3 is 9.47 Å². The van der Waals surface area contributed by atoms with Crippen LogP contribution in [0.25, 0.3) is 0 Å². The van der Waals surface area contributed by atoms with E-state index in [2.05, 4.69) is 0 Å². The van der Waals surface area contributed by atoms with Gasteiger partial charge in [0.1, 0.15) is 23.2 Å². The molecule has 0 bridgehead atoms. The molecular formula is C17H24F3NO2. The fraction of sp³-hybridized carbons (Fsp3) is 0.647. The van der Waals surface area contributed by atoms with Crippen LogP contribution >= 0.6 is 0 Å². The van der Waals surface area contributed by atoms with Crippen LogP contribution in [0.4, 0.5) is 13.2 Å². The van der Waals surface area contributed by atoms with Crippen LogP contribution in [0, 0.1) is 0 Å². The maximum absolute atomic E-state index is 12.2. The molecule has 0 radical (unpaired) electrons. The minimum absolute atomic E-state index is 0.0434. The van der Waals surface area contributed by atoms with Crippen LogP contribution in [0.5, 0.6) is 11.5 Å². The molecule has 130 valence electrons. The summed E-state index contributed by atoms with van der Waals surface area (Å²) in [6.45, 7) is 7.16. The summed E-state index contributed by atoms with van der Waals surface area (Å²) >= 11 is 0. The summed E-state index contributed by atoms with van der Waals surface area (Å²) in [7, 11) is 0. The van der Waals surface area contributed by atoms with E-state index in [9.17, 15) is 13.2 Å². The molecule has 0 unspecified atom stereocenters. The van der Waals surface area contributed by atoms with Crippen LogP contribution in [0.3, 0.4) is 0 Å². The Morgan fingerprint density at radius 3 is 2.26 bits per heavy atom. The summed E-state index contributed by atoms with van der Waals surface area (Å²) in [5, 5.41) is 0. The third-order valence-corrected chi connectivity index (χ3v) is 3.49. The van der Waals surface area contributed by atoms with Crippen molar-refractivity contribution in [1.82, 2.24) is 4.90 Å². The zero-order chi connectivity index (χ0) is 17.1. The Labute approximate surface area is 135 Å². The second-order valence-corrected chi connectivity index (χ2v) is 6.88. The molecule has 0 aromatic heterocycles. The molecule has 0 aliphatic carbocycles. The third kappa shape index (κ3) is 6.69. The Bertz CT molecular complexity index is 494. The van der Waals surface area contributed by atoms with Crippen molar-refractivity contribution in [2.24, 2.45) is 0 Å². The van der Waals surface area contributed by atoms with Crippen molar-refractivity contribution in [2.75, 3.05) is 19.6 Å². The van der Waals surface area contributed by atoms with E-state index in [0.29, 0.717) is 18.8 Å². The van der Waals surface area contributed by atoms with Crippen molar-refractivity contribution in [2.45, 2.75) is 51.5 Å². The van der Waals surface area contributed by atoms with Crippen LogP contribution in [0.2, 0.25) is 0 Å². The van der Waals surface area contributed by atoms with Crippen molar-refractivity contribution < 1.29 is 22.6 Å². The molecule has 0 saturated carbocycles. The van der Waals surface area contributed by atoms with E-state index in [1.807, 2.05) is 45.0 Å². The maximum atomic E-state index is 12.2. The number of benzene rings is 1. The number of ether oxygens (including phenoxy) is 2. The second-order valence-electron chi connectivity index (χ2n) is 6.88. The summed E-state index contributed by atoms with van der Waals surface area (Å²) in [4.78, 5) is 1.80. The second kappa shape index (κ2) is 6.99. The normalized spacial score (nSPS) is 19.8. The first kappa shape index (κ1) is 17.9. The molecule has 1 atom stereocenters. The highest BCUT2D eigenvalue weighted by atomic mass is 19.4. The first-order chi connectivity index (χ1) is 10.6. The lowest BCUT2D eigenvalue weighted by Crippen LogP contribution is -2.28. The summed E-state index contributed by atoms with van der Waals surface area (Å²) in [5.74, 6) is 1.48. The third-order valence-electron chi connectivity index (χ3n) is 3.49. The molecule has 6 heteroatoms. The first-order valence-corrected chi connectivity index (χ1v) is 7.86. The van der Waals surface area contributed by atoms with Crippen molar-refractivity contribution in [3.8, 4) is 11.5 Å². The van der Waals surface area contributed by atoms with Crippen molar-refractivity contribution >= 4 is 0 Å². The average Bonchev–Trinajstić information content (AvgIpc) is 2.84. The van der Waals surface area contributed by atoms with Gasteiger partial charge in [-0.25, -0.2) is 0 Å². The number of hydrogen-bond donors (Lipinski definition) is 0. The fourth-order valence-electron chi connectivity index (χ4n) is 2.51. The molecule has 1 aromatic carbocycles.